The molecule has 0 amide bonds. The first-order valence-electron chi connectivity index (χ1n) is 10.8. The first-order valence-corrected chi connectivity index (χ1v) is 10.8. The number of benzene rings is 2. The number of hydrogen-bond donors (Lipinski definition) is 1. The highest BCUT2D eigenvalue weighted by atomic mass is 16.7. The number of hydrogen-bond acceptors (Lipinski definition) is 6. The van der Waals surface area contributed by atoms with Crippen LogP contribution in [0.5, 0.6) is 0 Å². The molecule has 2 aromatic carbocycles. The standard InChI is InChI=1S/C26H32O6/c1-3-15-28-19-22-23(30-17-20-11-7-5-8-12-20)24(29-16-4-2)25(26(27)32-22)31-18-21-13-9-6-10-14-21/h3-14,22-27H,1-2,15-19H2/t22-,23-,24+,25+,26?/m1/s1. The summed E-state index contributed by atoms with van der Waals surface area (Å²) in [5, 5.41) is 10.8. The minimum atomic E-state index is -1.19. The fraction of sp³-hybridized carbons (Fsp3) is 0.385. The van der Waals surface area contributed by atoms with E-state index in [-0.39, 0.29) is 13.2 Å². The van der Waals surface area contributed by atoms with Gasteiger partial charge in [-0.15, -0.1) is 13.2 Å². The Kier molecular flexibility index (Phi) is 10.1. The molecule has 5 atom stereocenters. The van der Waals surface area contributed by atoms with Gasteiger partial charge in [0, 0.05) is 0 Å². The lowest BCUT2D eigenvalue weighted by Crippen LogP contribution is -2.61. The molecule has 1 N–H and O–H groups in total. The average molecular weight is 441 g/mol. The van der Waals surface area contributed by atoms with Crippen LogP contribution >= 0.6 is 0 Å². The van der Waals surface area contributed by atoms with Crippen LogP contribution in [0.15, 0.2) is 86.0 Å². The Morgan fingerprint density at radius 1 is 0.750 bits per heavy atom. The van der Waals surface area contributed by atoms with E-state index >= 15 is 0 Å². The van der Waals surface area contributed by atoms with Crippen LogP contribution in [0.25, 0.3) is 0 Å². The van der Waals surface area contributed by atoms with Crippen molar-refractivity contribution in [2.75, 3.05) is 19.8 Å². The summed E-state index contributed by atoms with van der Waals surface area (Å²) in [6, 6.07) is 19.6. The number of aliphatic hydroxyl groups is 1. The Hall–Kier alpha value is -2.32. The molecule has 1 aliphatic heterocycles. The van der Waals surface area contributed by atoms with E-state index in [0.717, 1.165) is 11.1 Å². The third-order valence-corrected chi connectivity index (χ3v) is 5.10. The molecule has 0 spiro atoms. The van der Waals surface area contributed by atoms with Crippen LogP contribution in [-0.2, 0) is 36.9 Å². The van der Waals surface area contributed by atoms with Crippen molar-refractivity contribution in [3.8, 4) is 0 Å². The molecule has 0 saturated carbocycles. The van der Waals surface area contributed by atoms with Gasteiger partial charge in [-0.25, -0.2) is 0 Å². The molecule has 1 saturated heterocycles. The Bertz CT molecular complexity index is 796. The molecule has 32 heavy (non-hydrogen) atoms. The lowest BCUT2D eigenvalue weighted by atomic mass is 9.98. The van der Waals surface area contributed by atoms with Gasteiger partial charge >= 0.3 is 0 Å². The molecule has 1 heterocycles. The zero-order valence-electron chi connectivity index (χ0n) is 18.3. The SMILES string of the molecule is C=CCOC[C@H]1OC(O)[C@@H](OCc2ccccc2)[C@@H](OCC=C)[C@@H]1OCc1ccccc1. The van der Waals surface area contributed by atoms with E-state index in [9.17, 15) is 5.11 Å². The summed E-state index contributed by atoms with van der Waals surface area (Å²) >= 11 is 0. The minimum absolute atomic E-state index is 0.224. The monoisotopic (exact) mass is 440 g/mol. The van der Waals surface area contributed by atoms with Gasteiger partial charge < -0.3 is 28.8 Å². The summed E-state index contributed by atoms with van der Waals surface area (Å²) in [5.41, 5.74) is 2.01. The van der Waals surface area contributed by atoms with Gasteiger partial charge in [0.25, 0.3) is 0 Å². The highest BCUT2D eigenvalue weighted by Crippen LogP contribution is 2.29. The van der Waals surface area contributed by atoms with Crippen molar-refractivity contribution in [1.29, 1.82) is 0 Å². The van der Waals surface area contributed by atoms with Crippen molar-refractivity contribution in [2.24, 2.45) is 0 Å². The first kappa shape index (κ1) is 24.3. The van der Waals surface area contributed by atoms with Crippen molar-refractivity contribution in [3.63, 3.8) is 0 Å². The maximum atomic E-state index is 10.8. The third kappa shape index (κ3) is 7.10. The summed E-state index contributed by atoms with van der Waals surface area (Å²) < 4.78 is 29.9. The second-order valence-electron chi connectivity index (χ2n) is 7.50. The van der Waals surface area contributed by atoms with Gasteiger partial charge in [-0.3, -0.25) is 0 Å². The number of rotatable bonds is 13. The van der Waals surface area contributed by atoms with Crippen LogP contribution in [-0.4, -0.2) is 55.6 Å². The molecule has 0 radical (unpaired) electrons. The quantitative estimate of drug-likeness (QED) is 0.379. The smallest absolute Gasteiger partial charge is 0.184 e. The molecule has 0 aromatic heterocycles. The fourth-order valence-electron chi connectivity index (χ4n) is 3.58. The molecular weight excluding hydrogens is 408 g/mol. The Labute approximate surface area is 190 Å². The maximum absolute atomic E-state index is 10.8. The molecule has 1 unspecified atom stereocenters. The predicted molar refractivity (Wildman–Crippen MR) is 122 cm³/mol. The second kappa shape index (κ2) is 13.3. The van der Waals surface area contributed by atoms with E-state index in [2.05, 4.69) is 13.2 Å². The molecule has 1 aliphatic rings. The minimum Gasteiger partial charge on any atom is -0.375 e. The second-order valence-corrected chi connectivity index (χ2v) is 7.50. The molecule has 6 nitrogen and oxygen atoms in total. The van der Waals surface area contributed by atoms with Crippen LogP contribution in [0.1, 0.15) is 11.1 Å². The maximum Gasteiger partial charge on any atom is 0.184 e. The molecule has 1 fully saturated rings. The van der Waals surface area contributed by atoms with Gasteiger partial charge in [0.2, 0.25) is 0 Å². The van der Waals surface area contributed by atoms with E-state index in [1.54, 1.807) is 12.2 Å². The molecule has 3 rings (SSSR count). The molecule has 6 heteroatoms. The molecule has 0 aliphatic carbocycles. The first-order chi connectivity index (χ1) is 15.7. The van der Waals surface area contributed by atoms with Crippen molar-refractivity contribution in [1.82, 2.24) is 0 Å². The van der Waals surface area contributed by atoms with Gasteiger partial charge in [-0.05, 0) is 11.1 Å². The summed E-state index contributed by atoms with van der Waals surface area (Å²) in [4.78, 5) is 0. The zero-order chi connectivity index (χ0) is 22.6. The summed E-state index contributed by atoms with van der Waals surface area (Å²) in [6.07, 6.45) is -0.260. The van der Waals surface area contributed by atoms with E-state index in [1.165, 1.54) is 0 Å². The summed E-state index contributed by atoms with van der Waals surface area (Å²) in [6.45, 7) is 8.97. The summed E-state index contributed by atoms with van der Waals surface area (Å²) in [7, 11) is 0. The number of aliphatic hydroxyl groups excluding tert-OH is 1. The Balaban J connectivity index is 1.77. The van der Waals surface area contributed by atoms with Crippen molar-refractivity contribution in [2.45, 2.75) is 43.9 Å². The fourth-order valence-corrected chi connectivity index (χ4v) is 3.58. The normalized spacial score (nSPS) is 25.3. The van der Waals surface area contributed by atoms with Crippen LogP contribution in [0.4, 0.5) is 0 Å². The van der Waals surface area contributed by atoms with E-state index in [0.29, 0.717) is 19.8 Å². The van der Waals surface area contributed by atoms with E-state index in [4.69, 9.17) is 23.7 Å². The third-order valence-electron chi connectivity index (χ3n) is 5.10. The largest absolute Gasteiger partial charge is 0.375 e. The van der Waals surface area contributed by atoms with Gasteiger partial charge in [0.1, 0.15) is 24.4 Å². The topological polar surface area (TPSA) is 66.4 Å². The van der Waals surface area contributed by atoms with Crippen molar-refractivity contribution in [3.05, 3.63) is 97.1 Å². The molecular formula is C26H32O6. The zero-order valence-corrected chi connectivity index (χ0v) is 18.3. The Morgan fingerprint density at radius 3 is 1.88 bits per heavy atom. The van der Waals surface area contributed by atoms with Crippen molar-refractivity contribution < 1.29 is 28.8 Å². The molecule has 0 bridgehead atoms. The molecule has 2 aromatic rings. The van der Waals surface area contributed by atoms with Crippen LogP contribution < -0.4 is 0 Å². The van der Waals surface area contributed by atoms with Crippen LogP contribution in [0, 0.1) is 0 Å². The van der Waals surface area contributed by atoms with Crippen LogP contribution in [0.3, 0.4) is 0 Å². The average Bonchev–Trinajstić information content (AvgIpc) is 2.83. The highest BCUT2D eigenvalue weighted by Gasteiger charge is 2.47. The van der Waals surface area contributed by atoms with Crippen LogP contribution in [0.2, 0.25) is 0 Å². The Morgan fingerprint density at radius 2 is 1.31 bits per heavy atom. The summed E-state index contributed by atoms with van der Waals surface area (Å²) in [5.74, 6) is 0. The van der Waals surface area contributed by atoms with Gasteiger partial charge in [0.05, 0.1) is 33.0 Å². The molecule has 172 valence electrons. The van der Waals surface area contributed by atoms with E-state index < -0.39 is 30.7 Å². The van der Waals surface area contributed by atoms with Gasteiger partial charge in [0.15, 0.2) is 6.29 Å². The van der Waals surface area contributed by atoms with Gasteiger partial charge in [-0.1, -0.05) is 72.8 Å². The van der Waals surface area contributed by atoms with E-state index in [1.807, 2.05) is 60.7 Å². The lowest BCUT2D eigenvalue weighted by molar-refractivity contribution is -0.313. The predicted octanol–water partition coefficient (Wildman–Crippen LogP) is 3.65. The lowest BCUT2D eigenvalue weighted by Gasteiger charge is -2.44. The number of ether oxygens (including phenoxy) is 5. The van der Waals surface area contributed by atoms with Gasteiger partial charge in [-0.2, -0.15) is 0 Å². The highest BCUT2D eigenvalue weighted by molar-refractivity contribution is 5.14. The van der Waals surface area contributed by atoms with Crippen molar-refractivity contribution >= 4 is 0 Å².